The first kappa shape index (κ1) is 14.0. The van der Waals surface area contributed by atoms with E-state index in [2.05, 4.69) is 10.1 Å². The van der Waals surface area contributed by atoms with Gasteiger partial charge in [-0.2, -0.15) is 4.99 Å². The van der Waals surface area contributed by atoms with E-state index in [1.807, 2.05) is 12.5 Å². The highest BCUT2D eigenvalue weighted by atomic mass is 32.2. The van der Waals surface area contributed by atoms with Gasteiger partial charge in [0.15, 0.2) is 23.8 Å². The normalized spacial score (nSPS) is 39.8. The van der Waals surface area contributed by atoms with E-state index < -0.39 is 24.5 Å². The molecule has 1 fully saturated rings. The van der Waals surface area contributed by atoms with E-state index in [0.29, 0.717) is 6.54 Å². The second-order valence-corrected chi connectivity index (χ2v) is 5.60. The van der Waals surface area contributed by atoms with Crippen LogP contribution in [0.5, 0.6) is 0 Å². The third-order valence-electron chi connectivity index (χ3n) is 3.53. The van der Waals surface area contributed by atoms with Crippen molar-refractivity contribution in [2.24, 2.45) is 10.1 Å². The molecule has 4 N–H and O–H groups in total. The molecular weight excluding hydrogens is 284 g/mol. The van der Waals surface area contributed by atoms with Crippen LogP contribution in [0.25, 0.3) is 0 Å². The minimum absolute atomic E-state index is 0.337. The maximum absolute atomic E-state index is 10.00. The molecule has 20 heavy (non-hydrogen) atoms. The standard InChI is InChI=1S/C11H16N4O4S/c1-20-8-3-15-7(13-8)2-14(5-12-15)11-10(18)9(17)6(4-16)19-11/h3,5-6,9-11,16-18H,2,4H2,1H3/p+1/t6-,9-,10-,11-/m1/s1. The molecule has 1 unspecified atom stereocenters. The Balaban J connectivity index is 1.74. The summed E-state index contributed by atoms with van der Waals surface area (Å²) in [5.41, 5.74) is 0. The van der Waals surface area contributed by atoms with Crippen molar-refractivity contribution in [3.63, 3.8) is 0 Å². The summed E-state index contributed by atoms with van der Waals surface area (Å²) in [5.74, 6) is 0.814. The van der Waals surface area contributed by atoms with E-state index in [-0.39, 0.29) is 6.61 Å². The summed E-state index contributed by atoms with van der Waals surface area (Å²) in [6, 6.07) is 0. The van der Waals surface area contributed by atoms with Gasteiger partial charge in [0.05, 0.1) is 6.61 Å². The number of hydrogen-bond acceptors (Lipinski definition) is 8. The van der Waals surface area contributed by atoms with Gasteiger partial charge in [-0.25, -0.2) is 0 Å². The highest BCUT2D eigenvalue weighted by molar-refractivity contribution is 8.02. The summed E-state index contributed by atoms with van der Waals surface area (Å²) in [4.78, 5) is 6.12. The molecule has 3 heterocycles. The quantitative estimate of drug-likeness (QED) is 0.447. The lowest BCUT2D eigenvalue weighted by atomic mass is 10.1. The smallest absolute Gasteiger partial charge is 0.253 e. The van der Waals surface area contributed by atoms with Crippen molar-refractivity contribution in [1.82, 2.24) is 4.90 Å². The van der Waals surface area contributed by atoms with E-state index in [1.54, 1.807) is 23.0 Å². The Morgan fingerprint density at radius 3 is 2.95 bits per heavy atom. The third-order valence-corrected chi connectivity index (χ3v) is 4.16. The average molecular weight is 301 g/mol. The van der Waals surface area contributed by atoms with Gasteiger partial charge >= 0.3 is 0 Å². The number of rotatable bonds is 3. The molecule has 9 heteroatoms. The molecule has 0 saturated carbocycles. The zero-order valence-corrected chi connectivity index (χ0v) is 11.7. The monoisotopic (exact) mass is 301 g/mol. The van der Waals surface area contributed by atoms with Crippen LogP contribution < -0.4 is 5.01 Å². The van der Waals surface area contributed by atoms with Gasteiger partial charge in [0.25, 0.3) is 5.84 Å². The van der Waals surface area contributed by atoms with Crippen molar-refractivity contribution < 1.29 is 25.1 Å². The van der Waals surface area contributed by atoms with Gasteiger partial charge in [0.1, 0.15) is 24.9 Å². The Labute approximate surface area is 120 Å². The molecule has 110 valence electrons. The van der Waals surface area contributed by atoms with Crippen molar-refractivity contribution in [1.29, 1.82) is 0 Å². The summed E-state index contributed by atoms with van der Waals surface area (Å²) >= 11 is 1.54. The van der Waals surface area contributed by atoms with Gasteiger partial charge in [-0.15, -0.1) is 16.8 Å². The lowest BCUT2D eigenvalue weighted by Gasteiger charge is -2.29. The molecule has 0 amide bonds. The maximum Gasteiger partial charge on any atom is 0.253 e. The van der Waals surface area contributed by atoms with E-state index >= 15 is 0 Å². The molecule has 3 aliphatic rings. The van der Waals surface area contributed by atoms with Crippen molar-refractivity contribution in [3.8, 4) is 0 Å². The number of fused-ring (bicyclic) bond motifs is 1. The van der Waals surface area contributed by atoms with Crippen LogP contribution in [0.4, 0.5) is 0 Å². The van der Waals surface area contributed by atoms with Crippen LogP contribution in [0, 0.1) is 0 Å². The summed E-state index contributed by atoms with van der Waals surface area (Å²) in [6.45, 7) is 0.113. The number of amidine groups is 1. The molecule has 8 nitrogen and oxygen atoms in total. The van der Waals surface area contributed by atoms with Crippen LogP contribution in [0.2, 0.25) is 0 Å². The summed E-state index contributed by atoms with van der Waals surface area (Å²) in [6.07, 6.45) is 1.73. The number of nitrogens with one attached hydrogen (secondary N) is 1. The number of aliphatic hydroxyl groups excluding tert-OH is 3. The van der Waals surface area contributed by atoms with Crippen LogP contribution >= 0.6 is 11.8 Å². The second kappa shape index (κ2) is 5.43. The maximum atomic E-state index is 10.00. The van der Waals surface area contributed by atoms with E-state index in [9.17, 15) is 10.2 Å². The number of aliphatic hydroxyl groups is 3. The fourth-order valence-corrected chi connectivity index (χ4v) is 2.85. The Bertz CT molecular complexity index is 483. The Morgan fingerprint density at radius 1 is 1.50 bits per heavy atom. The van der Waals surface area contributed by atoms with Crippen molar-refractivity contribution in [2.75, 3.05) is 19.4 Å². The van der Waals surface area contributed by atoms with Crippen LogP contribution in [0.15, 0.2) is 21.3 Å². The molecular formula is C11H17N4O4S+. The summed E-state index contributed by atoms with van der Waals surface area (Å²) < 4.78 is 5.47. The highest BCUT2D eigenvalue weighted by Gasteiger charge is 2.46. The fraction of sp³-hybridized carbons (Fsp3) is 0.636. The van der Waals surface area contributed by atoms with Crippen LogP contribution in [0.3, 0.4) is 0 Å². The topological polar surface area (TPSA) is 102 Å². The average Bonchev–Trinajstić information content (AvgIpc) is 3.00. The van der Waals surface area contributed by atoms with Gasteiger partial charge in [-0.1, -0.05) is 5.10 Å². The first-order valence-corrected chi connectivity index (χ1v) is 7.49. The van der Waals surface area contributed by atoms with Gasteiger partial charge in [-0.3, -0.25) is 0 Å². The zero-order chi connectivity index (χ0) is 14.3. The van der Waals surface area contributed by atoms with Crippen molar-refractivity contribution >= 4 is 23.9 Å². The molecule has 0 aromatic rings. The predicted octanol–water partition coefficient (Wildman–Crippen LogP) is -2.86. The number of nitrogens with zero attached hydrogens (tertiary/aromatic N) is 3. The molecule has 3 aliphatic heterocycles. The summed E-state index contributed by atoms with van der Waals surface area (Å²) in [5, 5.41) is 34.9. The van der Waals surface area contributed by atoms with Gasteiger partial charge in [0, 0.05) is 0 Å². The Morgan fingerprint density at radius 2 is 2.30 bits per heavy atom. The number of hydrogen-bond donors (Lipinski definition) is 4. The van der Waals surface area contributed by atoms with Crippen LogP contribution in [0.1, 0.15) is 0 Å². The molecule has 5 atom stereocenters. The fourth-order valence-electron chi connectivity index (χ4n) is 2.42. The predicted molar refractivity (Wildman–Crippen MR) is 73.0 cm³/mol. The Kier molecular flexibility index (Phi) is 3.80. The zero-order valence-electron chi connectivity index (χ0n) is 10.9. The van der Waals surface area contributed by atoms with Gasteiger partial charge < -0.3 is 25.0 Å². The van der Waals surface area contributed by atoms with E-state index in [0.717, 1.165) is 15.9 Å². The Hall–Kier alpha value is -0.970. The van der Waals surface area contributed by atoms with Gasteiger partial charge in [0.2, 0.25) is 0 Å². The number of aliphatic imine (C=N–C) groups is 1. The third kappa shape index (κ3) is 2.26. The number of ether oxygens (including phenoxy) is 1. The molecule has 0 bridgehead atoms. The molecule has 0 aromatic carbocycles. The highest BCUT2D eigenvalue weighted by Crippen LogP contribution is 2.24. The molecule has 0 spiro atoms. The molecule has 0 radical (unpaired) electrons. The van der Waals surface area contributed by atoms with Crippen molar-refractivity contribution in [2.45, 2.75) is 24.5 Å². The van der Waals surface area contributed by atoms with Crippen LogP contribution in [-0.4, -0.2) is 76.3 Å². The molecule has 3 rings (SSSR count). The molecule has 0 aromatic heterocycles. The first-order valence-electron chi connectivity index (χ1n) is 6.27. The van der Waals surface area contributed by atoms with Gasteiger partial charge in [-0.05, 0) is 6.26 Å². The van der Waals surface area contributed by atoms with E-state index in [1.165, 1.54) is 0 Å². The number of quaternary nitrogens is 1. The van der Waals surface area contributed by atoms with Crippen LogP contribution in [-0.2, 0) is 4.74 Å². The largest absolute Gasteiger partial charge is 0.394 e. The SMILES string of the molecule is CSC1=C[NH+]2N=CN([C@@H]3O[C@H](CO)[C@@H](O)[C@H]3O)CC2=N1. The minimum Gasteiger partial charge on any atom is -0.394 e. The minimum atomic E-state index is -1.10. The summed E-state index contributed by atoms with van der Waals surface area (Å²) in [7, 11) is 0. The first-order chi connectivity index (χ1) is 9.63. The second-order valence-electron chi connectivity index (χ2n) is 4.78. The lowest BCUT2D eigenvalue weighted by molar-refractivity contribution is -0.754. The number of thioether (sulfide) groups is 1. The molecule has 1 saturated heterocycles. The van der Waals surface area contributed by atoms with Crippen molar-refractivity contribution in [3.05, 3.63) is 11.2 Å². The lowest BCUT2D eigenvalue weighted by Crippen LogP contribution is -3.07. The van der Waals surface area contributed by atoms with E-state index in [4.69, 9.17) is 9.84 Å². The molecule has 0 aliphatic carbocycles.